The normalized spacial score (nSPS) is 15.4. The maximum absolute atomic E-state index is 13.8. The molecule has 0 saturated carbocycles. The lowest BCUT2D eigenvalue weighted by atomic mass is 10.2. The Bertz CT molecular complexity index is 1840. The van der Waals surface area contributed by atoms with Crippen molar-refractivity contribution in [3.63, 3.8) is 0 Å². The molecule has 0 unspecified atom stereocenters. The molecule has 1 aliphatic heterocycles. The molecule has 46 heavy (non-hydrogen) atoms. The van der Waals surface area contributed by atoms with Gasteiger partial charge in [-0.15, -0.1) is 0 Å². The summed E-state index contributed by atoms with van der Waals surface area (Å²) in [5.74, 6) is 1.20. The maximum Gasteiger partial charge on any atom is 0.271 e. The molecule has 6 rings (SSSR count). The number of sulfonamides is 1. The molecule has 0 saturated heterocycles. The van der Waals surface area contributed by atoms with E-state index in [-0.39, 0.29) is 24.8 Å². The van der Waals surface area contributed by atoms with Crippen LogP contribution in [0.4, 0.5) is 0 Å². The Balaban J connectivity index is 1.24. The third kappa shape index (κ3) is 7.69. The van der Waals surface area contributed by atoms with Gasteiger partial charge in [-0.1, -0.05) is 48.5 Å². The largest absolute Gasteiger partial charge is 0.492 e. The van der Waals surface area contributed by atoms with Crippen LogP contribution in [0.25, 0.3) is 22.8 Å². The van der Waals surface area contributed by atoms with E-state index in [1.54, 1.807) is 18.5 Å². The van der Waals surface area contributed by atoms with E-state index < -0.39 is 10.0 Å². The Hall–Kier alpha value is -4.81. The van der Waals surface area contributed by atoms with Crippen molar-refractivity contribution in [3.05, 3.63) is 109 Å². The number of aromatic nitrogens is 5. The van der Waals surface area contributed by atoms with Crippen LogP contribution in [0, 0.1) is 0 Å². The summed E-state index contributed by atoms with van der Waals surface area (Å²) in [7, 11) is -3.62. The van der Waals surface area contributed by atoms with Gasteiger partial charge < -0.3 is 14.2 Å². The molecule has 1 N–H and O–H groups in total. The fourth-order valence-electron chi connectivity index (χ4n) is 5.59. The first-order valence-corrected chi connectivity index (χ1v) is 17.1. The number of H-pyrrole nitrogens is 1. The summed E-state index contributed by atoms with van der Waals surface area (Å²) < 4.78 is 36.8. The zero-order chi connectivity index (χ0) is 31.8. The van der Waals surface area contributed by atoms with E-state index >= 15 is 0 Å². The molecule has 4 heterocycles. The van der Waals surface area contributed by atoms with Crippen molar-refractivity contribution >= 4 is 15.9 Å². The average molecular weight is 640 g/mol. The fraction of sp³-hybridized carbons (Fsp3) is 0.294. The maximum atomic E-state index is 13.8. The molecule has 0 radical (unpaired) electrons. The molecule has 238 valence electrons. The van der Waals surface area contributed by atoms with Gasteiger partial charge in [-0.3, -0.25) is 14.9 Å². The molecule has 1 aliphatic rings. The van der Waals surface area contributed by atoms with Gasteiger partial charge in [0.15, 0.2) is 0 Å². The van der Waals surface area contributed by atoms with E-state index in [1.807, 2.05) is 83.9 Å². The molecule has 5 aromatic rings. The van der Waals surface area contributed by atoms with Gasteiger partial charge in [-0.05, 0) is 55.2 Å². The predicted molar refractivity (Wildman–Crippen MR) is 175 cm³/mol. The minimum Gasteiger partial charge on any atom is -0.492 e. The number of ether oxygens (including phenoxy) is 1. The first-order chi connectivity index (χ1) is 22.5. The van der Waals surface area contributed by atoms with Crippen molar-refractivity contribution in [2.75, 3.05) is 32.8 Å². The summed E-state index contributed by atoms with van der Waals surface area (Å²) in [6.07, 6.45) is 7.30. The highest BCUT2D eigenvalue weighted by atomic mass is 32.2. The standard InChI is InChI=1S/C34H37N7O4S/c42-34(32-25-31(37-38-32)30-14-4-5-15-35-30)40-17-6-7-20-41(46(43,44)26-27-10-2-1-3-11-27)22-23-45-29-13-8-12-28(24-29)33-36-16-21-39(33)18-9-19-40/h1-5,8,10-16,21,24-25H,6-7,9,17-20,22-23,26H2,(H,37,38). The summed E-state index contributed by atoms with van der Waals surface area (Å²) in [6, 6.07) is 24.2. The molecule has 0 aliphatic carbocycles. The summed E-state index contributed by atoms with van der Waals surface area (Å²) in [5.41, 5.74) is 3.29. The van der Waals surface area contributed by atoms with E-state index in [2.05, 4.69) is 24.7 Å². The second kappa shape index (κ2) is 14.5. The zero-order valence-corrected chi connectivity index (χ0v) is 26.3. The first kappa shape index (κ1) is 31.2. The Labute approximate surface area is 268 Å². The van der Waals surface area contributed by atoms with Crippen LogP contribution in [0.2, 0.25) is 0 Å². The lowest BCUT2D eigenvalue weighted by molar-refractivity contribution is 0.0742. The lowest BCUT2D eigenvalue weighted by Gasteiger charge is -2.24. The van der Waals surface area contributed by atoms with E-state index in [0.717, 1.165) is 17.0 Å². The average Bonchev–Trinajstić information content (AvgIpc) is 3.76. The molecule has 0 atom stereocenters. The van der Waals surface area contributed by atoms with E-state index in [4.69, 9.17) is 4.74 Å². The van der Waals surface area contributed by atoms with Gasteiger partial charge in [0.05, 0.1) is 11.4 Å². The van der Waals surface area contributed by atoms with E-state index in [9.17, 15) is 13.2 Å². The SMILES string of the molecule is O=C(c1cc(-c2ccccn2)n[nH]1)N1CCCCN(S(=O)(=O)Cc2ccccc2)CCOc2cccc(c2)-c2nccn2CCC1. The smallest absolute Gasteiger partial charge is 0.271 e. The van der Waals surface area contributed by atoms with Crippen LogP contribution in [0.3, 0.4) is 0 Å². The van der Waals surface area contributed by atoms with Gasteiger partial charge in [-0.25, -0.2) is 13.4 Å². The van der Waals surface area contributed by atoms with Crippen molar-refractivity contribution in [1.29, 1.82) is 0 Å². The molecular formula is C34H37N7O4S. The van der Waals surface area contributed by atoms with Gasteiger partial charge in [0.2, 0.25) is 10.0 Å². The third-order valence-electron chi connectivity index (χ3n) is 7.94. The van der Waals surface area contributed by atoms with Crippen LogP contribution < -0.4 is 4.74 Å². The topological polar surface area (TPSA) is 126 Å². The van der Waals surface area contributed by atoms with Crippen LogP contribution >= 0.6 is 0 Å². The van der Waals surface area contributed by atoms with Crippen molar-refractivity contribution in [3.8, 4) is 28.5 Å². The number of imidazole rings is 1. The lowest BCUT2D eigenvalue weighted by Crippen LogP contribution is -2.37. The quantitative estimate of drug-likeness (QED) is 0.291. The molecule has 2 aromatic carbocycles. The van der Waals surface area contributed by atoms with Crippen molar-refractivity contribution in [2.24, 2.45) is 0 Å². The zero-order valence-electron chi connectivity index (χ0n) is 25.5. The number of fused-ring (bicyclic) bond motifs is 4. The van der Waals surface area contributed by atoms with Crippen molar-refractivity contribution < 1.29 is 17.9 Å². The summed E-state index contributed by atoms with van der Waals surface area (Å²) >= 11 is 0. The number of amides is 1. The molecule has 0 spiro atoms. The van der Waals surface area contributed by atoms with Gasteiger partial charge in [0, 0.05) is 56.9 Å². The summed E-state index contributed by atoms with van der Waals surface area (Å²) in [5, 5.41) is 7.23. The highest BCUT2D eigenvalue weighted by molar-refractivity contribution is 7.88. The fourth-order valence-corrected chi connectivity index (χ4v) is 7.15. The third-order valence-corrected chi connectivity index (χ3v) is 9.79. The number of rotatable bonds is 5. The number of nitrogens with one attached hydrogen (secondary N) is 1. The van der Waals surface area contributed by atoms with Gasteiger partial charge >= 0.3 is 0 Å². The number of carbonyl (C=O) groups is 1. The second-order valence-electron chi connectivity index (χ2n) is 11.2. The minimum absolute atomic E-state index is 0.0883. The number of hydrogen-bond donors (Lipinski definition) is 1. The van der Waals surface area contributed by atoms with E-state index in [1.165, 1.54) is 4.31 Å². The van der Waals surface area contributed by atoms with Crippen molar-refractivity contribution in [2.45, 2.75) is 31.6 Å². The Morgan fingerprint density at radius 3 is 2.48 bits per heavy atom. The van der Waals surface area contributed by atoms with Crippen molar-refractivity contribution in [1.82, 2.24) is 33.9 Å². The minimum atomic E-state index is -3.62. The molecule has 1 amide bonds. The first-order valence-electron chi connectivity index (χ1n) is 15.5. The summed E-state index contributed by atoms with van der Waals surface area (Å²) in [4.78, 5) is 24.5. The summed E-state index contributed by atoms with van der Waals surface area (Å²) in [6.45, 7) is 2.38. The number of carbonyl (C=O) groups excluding carboxylic acids is 1. The molecule has 0 fully saturated rings. The molecule has 11 nitrogen and oxygen atoms in total. The molecule has 2 bridgehead atoms. The number of hydrogen-bond acceptors (Lipinski definition) is 7. The molecule has 12 heteroatoms. The molecular weight excluding hydrogens is 602 g/mol. The second-order valence-corrected chi connectivity index (χ2v) is 13.2. The van der Waals surface area contributed by atoms with Crippen LogP contribution in [-0.4, -0.2) is 81.0 Å². The number of nitrogens with zero attached hydrogens (tertiary/aromatic N) is 6. The van der Waals surface area contributed by atoms with Crippen LogP contribution in [-0.2, 0) is 22.3 Å². The van der Waals surface area contributed by atoms with Crippen LogP contribution in [0.5, 0.6) is 5.75 Å². The highest BCUT2D eigenvalue weighted by Gasteiger charge is 2.24. The van der Waals surface area contributed by atoms with Gasteiger partial charge in [0.1, 0.15) is 29.6 Å². The van der Waals surface area contributed by atoms with Crippen LogP contribution in [0.1, 0.15) is 35.3 Å². The Kier molecular flexibility index (Phi) is 9.85. The van der Waals surface area contributed by atoms with Crippen LogP contribution in [0.15, 0.2) is 97.5 Å². The monoisotopic (exact) mass is 639 g/mol. The Morgan fingerprint density at radius 2 is 1.63 bits per heavy atom. The highest BCUT2D eigenvalue weighted by Crippen LogP contribution is 2.24. The number of pyridine rings is 1. The number of benzene rings is 2. The molecule has 3 aromatic heterocycles. The van der Waals surface area contributed by atoms with Gasteiger partial charge in [0.25, 0.3) is 5.91 Å². The Morgan fingerprint density at radius 1 is 0.804 bits per heavy atom. The number of aryl methyl sites for hydroxylation is 1. The predicted octanol–water partition coefficient (Wildman–Crippen LogP) is 4.87. The van der Waals surface area contributed by atoms with Gasteiger partial charge in [-0.2, -0.15) is 9.40 Å². The van der Waals surface area contributed by atoms with E-state index in [0.29, 0.717) is 68.3 Å². The number of aromatic amines is 1.